The molecule has 0 bridgehead atoms. The summed E-state index contributed by atoms with van der Waals surface area (Å²) in [5.41, 5.74) is 0.492. The summed E-state index contributed by atoms with van der Waals surface area (Å²) in [6, 6.07) is 3.12. The Morgan fingerprint density at radius 2 is 2.13 bits per heavy atom. The Morgan fingerprint density at radius 3 is 2.80 bits per heavy atom. The first-order chi connectivity index (χ1) is 7.13. The van der Waals surface area contributed by atoms with E-state index in [2.05, 4.69) is 0 Å². The van der Waals surface area contributed by atoms with Gasteiger partial charge in [0.25, 0.3) is 5.95 Å². The molecule has 0 aliphatic rings. The second-order valence-corrected chi connectivity index (χ2v) is 3.72. The number of phenolic OH excluding ortho intramolecular Hbond substituents is 1. The molecule has 5 heteroatoms. The monoisotopic (exact) mass is 246 g/mol. The summed E-state index contributed by atoms with van der Waals surface area (Å²) in [5, 5.41) is 10.4. The molecule has 1 aromatic carbocycles. The summed E-state index contributed by atoms with van der Waals surface area (Å²) >= 11 is 11.6. The Labute approximate surface area is 96.2 Å². The van der Waals surface area contributed by atoms with Crippen molar-refractivity contribution in [2.75, 3.05) is 6.61 Å². The topological polar surface area (TPSA) is 42.6 Å². The molecule has 15 heavy (non-hydrogen) atoms. The van der Waals surface area contributed by atoms with Crippen LogP contribution in [-0.2, 0) is 0 Å². The van der Waals surface area contributed by atoms with Gasteiger partial charge in [-0.25, -0.2) is 0 Å². The molecule has 0 aliphatic heterocycles. The molecular formula is C10H8Cl2O3. The first-order valence-corrected chi connectivity index (χ1v) is 5.12. The summed E-state index contributed by atoms with van der Waals surface area (Å²) in [6.45, 7) is 2.34. The predicted octanol–water partition coefficient (Wildman–Crippen LogP) is 3.84. The highest BCUT2D eigenvalue weighted by molar-refractivity contribution is 6.40. The minimum atomic E-state index is -0.144. The summed E-state index contributed by atoms with van der Waals surface area (Å²) in [5.74, 6) is 0.214. The van der Waals surface area contributed by atoms with Crippen molar-refractivity contribution in [1.29, 1.82) is 0 Å². The van der Waals surface area contributed by atoms with E-state index in [0.717, 1.165) is 0 Å². The van der Waals surface area contributed by atoms with Crippen LogP contribution in [0.5, 0.6) is 11.7 Å². The Hall–Kier alpha value is -1.06. The van der Waals surface area contributed by atoms with E-state index < -0.39 is 0 Å². The number of fused-ring (bicyclic) bond motifs is 1. The van der Waals surface area contributed by atoms with Gasteiger partial charge in [0.1, 0.15) is 5.58 Å². The maximum absolute atomic E-state index is 9.50. The van der Waals surface area contributed by atoms with Crippen LogP contribution in [0.4, 0.5) is 0 Å². The van der Waals surface area contributed by atoms with Gasteiger partial charge in [0.2, 0.25) is 0 Å². The predicted molar refractivity (Wildman–Crippen MR) is 59.1 cm³/mol. The van der Waals surface area contributed by atoms with Crippen LogP contribution in [0.2, 0.25) is 10.0 Å². The molecule has 80 valence electrons. The third-order valence-electron chi connectivity index (χ3n) is 1.95. The SMILES string of the molecule is CCOc1cc2c(Cl)c(O)c(Cl)cc2o1. The van der Waals surface area contributed by atoms with Gasteiger partial charge in [-0.2, -0.15) is 0 Å². The molecule has 3 nitrogen and oxygen atoms in total. The normalized spacial score (nSPS) is 10.9. The Kier molecular flexibility index (Phi) is 2.67. The van der Waals surface area contributed by atoms with Crippen molar-refractivity contribution in [2.24, 2.45) is 0 Å². The molecule has 1 aromatic heterocycles. The zero-order valence-electron chi connectivity index (χ0n) is 7.88. The smallest absolute Gasteiger partial charge is 0.285 e. The highest BCUT2D eigenvalue weighted by atomic mass is 35.5. The summed E-state index contributed by atoms with van der Waals surface area (Å²) < 4.78 is 10.5. The molecule has 0 amide bonds. The van der Waals surface area contributed by atoms with Crippen molar-refractivity contribution >= 4 is 34.2 Å². The van der Waals surface area contributed by atoms with Crippen molar-refractivity contribution in [2.45, 2.75) is 6.92 Å². The summed E-state index contributed by atoms with van der Waals surface area (Å²) in [4.78, 5) is 0. The van der Waals surface area contributed by atoms with Crippen molar-refractivity contribution in [1.82, 2.24) is 0 Å². The first-order valence-electron chi connectivity index (χ1n) is 4.36. The average Bonchev–Trinajstić information content (AvgIpc) is 2.58. The molecular weight excluding hydrogens is 239 g/mol. The average molecular weight is 247 g/mol. The number of hydrogen-bond donors (Lipinski definition) is 1. The van der Waals surface area contributed by atoms with Crippen LogP contribution in [0.1, 0.15) is 6.92 Å². The maximum atomic E-state index is 9.50. The lowest BCUT2D eigenvalue weighted by atomic mass is 10.2. The van der Waals surface area contributed by atoms with Crippen LogP contribution in [0.25, 0.3) is 11.0 Å². The fourth-order valence-corrected chi connectivity index (χ4v) is 1.78. The molecule has 0 aliphatic carbocycles. The molecule has 0 radical (unpaired) electrons. The number of hydrogen-bond acceptors (Lipinski definition) is 3. The van der Waals surface area contributed by atoms with Crippen LogP contribution in [0, 0.1) is 0 Å². The lowest BCUT2D eigenvalue weighted by Gasteiger charge is -1.98. The van der Waals surface area contributed by atoms with Crippen molar-refractivity contribution < 1.29 is 14.3 Å². The molecule has 1 N–H and O–H groups in total. The number of aromatic hydroxyl groups is 1. The van der Waals surface area contributed by atoms with Gasteiger partial charge in [-0.05, 0) is 6.92 Å². The Morgan fingerprint density at radius 1 is 1.40 bits per heavy atom. The zero-order valence-corrected chi connectivity index (χ0v) is 9.39. The minimum absolute atomic E-state index is 0.144. The lowest BCUT2D eigenvalue weighted by Crippen LogP contribution is -1.87. The summed E-state index contributed by atoms with van der Waals surface area (Å²) in [7, 11) is 0. The second-order valence-electron chi connectivity index (χ2n) is 2.93. The van der Waals surface area contributed by atoms with Crippen LogP contribution >= 0.6 is 23.2 Å². The van der Waals surface area contributed by atoms with Crippen LogP contribution in [-0.4, -0.2) is 11.7 Å². The first kappa shape index (κ1) is 10.5. The zero-order chi connectivity index (χ0) is 11.0. The van der Waals surface area contributed by atoms with Gasteiger partial charge >= 0.3 is 0 Å². The van der Waals surface area contributed by atoms with Crippen molar-refractivity contribution in [3.05, 3.63) is 22.2 Å². The van der Waals surface area contributed by atoms with E-state index in [4.69, 9.17) is 32.4 Å². The van der Waals surface area contributed by atoms with Gasteiger partial charge in [-0.1, -0.05) is 23.2 Å². The van der Waals surface area contributed by atoms with E-state index in [9.17, 15) is 5.11 Å². The standard InChI is InChI=1S/C10H8Cl2O3/c1-2-14-8-3-5-7(15-8)4-6(11)10(13)9(5)12/h3-4,13H,2H2,1H3. The quantitative estimate of drug-likeness (QED) is 0.876. The van der Waals surface area contributed by atoms with Crippen LogP contribution in [0.15, 0.2) is 16.5 Å². The molecule has 0 spiro atoms. The van der Waals surface area contributed by atoms with Gasteiger partial charge in [0, 0.05) is 17.5 Å². The summed E-state index contributed by atoms with van der Waals surface area (Å²) in [6.07, 6.45) is 0. The van der Waals surface area contributed by atoms with Gasteiger partial charge in [-0.3, -0.25) is 0 Å². The van der Waals surface area contributed by atoms with Gasteiger partial charge in [0.05, 0.1) is 16.7 Å². The van der Waals surface area contributed by atoms with Crippen molar-refractivity contribution in [3.8, 4) is 11.7 Å². The third kappa shape index (κ3) is 1.73. The fraction of sp³-hybridized carbons (Fsp3) is 0.200. The van der Waals surface area contributed by atoms with E-state index in [1.807, 2.05) is 6.92 Å². The highest BCUT2D eigenvalue weighted by Gasteiger charge is 2.14. The van der Waals surface area contributed by atoms with Gasteiger partial charge < -0.3 is 14.3 Å². The van der Waals surface area contributed by atoms with E-state index in [-0.39, 0.29) is 15.8 Å². The van der Waals surface area contributed by atoms with E-state index in [0.29, 0.717) is 23.5 Å². The largest absolute Gasteiger partial charge is 0.505 e. The number of phenols is 1. The molecule has 0 unspecified atom stereocenters. The minimum Gasteiger partial charge on any atom is -0.505 e. The maximum Gasteiger partial charge on any atom is 0.285 e. The van der Waals surface area contributed by atoms with E-state index in [1.54, 1.807) is 6.07 Å². The van der Waals surface area contributed by atoms with Crippen LogP contribution < -0.4 is 4.74 Å². The molecule has 0 fully saturated rings. The van der Waals surface area contributed by atoms with E-state index >= 15 is 0 Å². The molecule has 2 rings (SSSR count). The lowest BCUT2D eigenvalue weighted by molar-refractivity contribution is 0.265. The van der Waals surface area contributed by atoms with Crippen LogP contribution in [0.3, 0.4) is 0 Å². The molecule has 0 saturated carbocycles. The third-order valence-corrected chi connectivity index (χ3v) is 2.62. The molecule has 1 heterocycles. The molecule has 0 atom stereocenters. The Balaban J connectivity index is 2.65. The number of rotatable bonds is 2. The van der Waals surface area contributed by atoms with E-state index in [1.165, 1.54) is 6.07 Å². The number of ether oxygens (including phenoxy) is 1. The molecule has 0 saturated heterocycles. The number of benzene rings is 1. The fourth-order valence-electron chi connectivity index (χ4n) is 1.29. The van der Waals surface area contributed by atoms with Crippen molar-refractivity contribution in [3.63, 3.8) is 0 Å². The van der Waals surface area contributed by atoms with Gasteiger partial charge in [-0.15, -0.1) is 0 Å². The molecule has 2 aromatic rings. The number of furan rings is 1. The van der Waals surface area contributed by atoms with Gasteiger partial charge in [0.15, 0.2) is 5.75 Å². The Bertz CT molecular complexity index is 505. The number of halogens is 2. The second kappa shape index (κ2) is 3.83. The highest BCUT2D eigenvalue weighted by Crippen LogP contribution is 2.40.